The summed E-state index contributed by atoms with van der Waals surface area (Å²) in [6, 6.07) is 10.2. The van der Waals surface area contributed by atoms with Crippen LogP contribution in [0.2, 0.25) is 0 Å². The molecule has 1 aromatic carbocycles. The van der Waals surface area contributed by atoms with Crippen molar-refractivity contribution in [2.45, 2.75) is 24.7 Å². The lowest BCUT2D eigenvalue weighted by Gasteiger charge is -2.41. The highest BCUT2D eigenvalue weighted by Gasteiger charge is 2.41. The van der Waals surface area contributed by atoms with E-state index in [1.54, 1.807) is 0 Å². The molecule has 0 spiro atoms. The van der Waals surface area contributed by atoms with Gasteiger partial charge in [-0.2, -0.15) is 0 Å². The van der Waals surface area contributed by atoms with Crippen LogP contribution in [0.4, 0.5) is 9.93 Å². The van der Waals surface area contributed by atoms with Crippen molar-refractivity contribution in [3.8, 4) is 0 Å². The number of piperidine rings is 1. The molecule has 3 N–H and O–H groups in total. The van der Waals surface area contributed by atoms with Crippen LogP contribution >= 0.6 is 11.3 Å². The van der Waals surface area contributed by atoms with Crippen molar-refractivity contribution in [1.82, 2.24) is 15.2 Å². The molecule has 156 valence electrons. The third-order valence-electron chi connectivity index (χ3n) is 6.11. The number of likely N-dealkylation sites (tertiary alicyclic amines) is 1. The molecule has 4 rings (SSSR count). The van der Waals surface area contributed by atoms with Gasteiger partial charge in [0.1, 0.15) is 0 Å². The Morgan fingerprint density at radius 2 is 2.00 bits per heavy atom. The van der Waals surface area contributed by atoms with E-state index in [0.717, 1.165) is 18.5 Å². The molecule has 2 amide bonds. The quantitative estimate of drug-likeness (QED) is 0.768. The minimum Gasteiger partial charge on any atom is -0.375 e. The summed E-state index contributed by atoms with van der Waals surface area (Å²) in [4.78, 5) is 19.0. The second-order valence-corrected chi connectivity index (χ2v) is 11.1. The zero-order chi connectivity index (χ0) is 20.5. The van der Waals surface area contributed by atoms with Crippen molar-refractivity contribution >= 4 is 32.3 Å². The number of aromatic nitrogens is 1. The average Bonchev–Trinajstić information content (AvgIpc) is 3.32. The second-order valence-electron chi connectivity index (χ2n) is 7.96. The average molecular weight is 435 g/mol. The fourth-order valence-electron chi connectivity index (χ4n) is 4.43. The molecule has 2 aliphatic rings. The first-order chi connectivity index (χ1) is 13.9. The predicted molar refractivity (Wildman–Crippen MR) is 115 cm³/mol. The smallest absolute Gasteiger partial charge is 0.317 e. The van der Waals surface area contributed by atoms with Gasteiger partial charge in [0.25, 0.3) is 0 Å². The fourth-order valence-corrected chi connectivity index (χ4v) is 6.95. The number of hydrogen-bond donors (Lipinski definition) is 2. The first-order valence-corrected chi connectivity index (χ1v) is 12.6. The summed E-state index contributed by atoms with van der Waals surface area (Å²) >= 11 is 1.45. The highest BCUT2D eigenvalue weighted by molar-refractivity contribution is 7.91. The maximum Gasteiger partial charge on any atom is 0.317 e. The van der Waals surface area contributed by atoms with E-state index in [1.165, 1.54) is 16.9 Å². The molecule has 1 atom stereocenters. The van der Waals surface area contributed by atoms with Crippen molar-refractivity contribution < 1.29 is 13.2 Å². The monoisotopic (exact) mass is 434 g/mol. The van der Waals surface area contributed by atoms with Crippen LogP contribution in [-0.4, -0.2) is 55.5 Å². The number of carbonyl (C=O) groups excluding carboxylic acids is 1. The number of hydrogen-bond acceptors (Lipinski definition) is 6. The van der Waals surface area contributed by atoms with Crippen molar-refractivity contribution in [3.05, 3.63) is 47.0 Å². The van der Waals surface area contributed by atoms with Crippen LogP contribution < -0.4 is 11.1 Å². The van der Waals surface area contributed by atoms with Gasteiger partial charge in [-0.1, -0.05) is 30.3 Å². The Labute approximate surface area is 175 Å². The van der Waals surface area contributed by atoms with E-state index in [0.29, 0.717) is 31.2 Å². The fraction of sp³-hybridized carbons (Fsp3) is 0.500. The zero-order valence-electron chi connectivity index (χ0n) is 16.2. The molecule has 3 heterocycles. The van der Waals surface area contributed by atoms with Gasteiger partial charge in [-0.25, -0.2) is 18.2 Å². The third-order valence-corrected chi connectivity index (χ3v) is 8.62. The number of benzene rings is 1. The first kappa shape index (κ1) is 20.2. The Balaban J connectivity index is 1.42. The molecule has 2 saturated heterocycles. The minimum absolute atomic E-state index is 0.0233. The highest BCUT2D eigenvalue weighted by atomic mass is 32.2. The number of anilines is 1. The van der Waals surface area contributed by atoms with E-state index in [2.05, 4.69) is 22.4 Å². The number of nitrogen functional groups attached to an aromatic ring is 1. The van der Waals surface area contributed by atoms with E-state index in [9.17, 15) is 13.2 Å². The standard InChI is InChI=1S/C20H26N4O3S2/c21-18-23-17(13-28-18)20(16-4-2-1-3-5-16)7-9-24(10-8-20)19(25)22-12-15-6-11-29(26,27)14-15/h1-5,13,15H,6-12,14H2,(H2,21,23)(H,22,25). The molecular formula is C20H26N4O3S2. The van der Waals surface area contributed by atoms with Gasteiger partial charge < -0.3 is 16.0 Å². The number of nitrogens with zero attached hydrogens (tertiary/aromatic N) is 2. The number of rotatable bonds is 4. The number of nitrogens with two attached hydrogens (primary N) is 1. The molecule has 0 radical (unpaired) electrons. The largest absolute Gasteiger partial charge is 0.375 e. The van der Waals surface area contributed by atoms with E-state index in [1.807, 2.05) is 28.5 Å². The maximum absolute atomic E-state index is 12.6. The van der Waals surface area contributed by atoms with Gasteiger partial charge in [-0.05, 0) is 30.7 Å². The molecule has 2 fully saturated rings. The van der Waals surface area contributed by atoms with Crippen molar-refractivity contribution in [3.63, 3.8) is 0 Å². The van der Waals surface area contributed by atoms with Crippen LogP contribution in [0.15, 0.2) is 35.7 Å². The van der Waals surface area contributed by atoms with Gasteiger partial charge in [0.2, 0.25) is 0 Å². The SMILES string of the molecule is Nc1nc(C2(c3ccccc3)CCN(C(=O)NCC3CCS(=O)(=O)C3)CC2)cs1. The topological polar surface area (TPSA) is 105 Å². The molecule has 1 aromatic heterocycles. The molecule has 29 heavy (non-hydrogen) atoms. The Kier molecular flexibility index (Phi) is 5.52. The number of nitrogens with one attached hydrogen (secondary N) is 1. The lowest BCUT2D eigenvalue weighted by molar-refractivity contribution is 0.166. The molecule has 0 aliphatic carbocycles. The second kappa shape index (κ2) is 7.95. The van der Waals surface area contributed by atoms with E-state index < -0.39 is 9.84 Å². The number of amides is 2. The summed E-state index contributed by atoms with van der Waals surface area (Å²) in [7, 11) is -2.92. The lowest BCUT2D eigenvalue weighted by atomic mass is 9.71. The Morgan fingerprint density at radius 1 is 1.28 bits per heavy atom. The normalized spacial score (nSPS) is 23.0. The van der Waals surface area contributed by atoms with Crippen LogP contribution in [0.1, 0.15) is 30.5 Å². The number of thiazole rings is 1. The van der Waals surface area contributed by atoms with Crippen LogP contribution in [-0.2, 0) is 15.3 Å². The summed E-state index contributed by atoms with van der Waals surface area (Å²) in [5.74, 6) is 0.429. The Hall–Kier alpha value is -2.13. The van der Waals surface area contributed by atoms with Crippen LogP contribution in [0, 0.1) is 5.92 Å². The molecule has 2 aliphatic heterocycles. The lowest BCUT2D eigenvalue weighted by Crippen LogP contribution is -2.50. The van der Waals surface area contributed by atoms with E-state index in [-0.39, 0.29) is 28.9 Å². The first-order valence-electron chi connectivity index (χ1n) is 9.88. The molecule has 9 heteroatoms. The van der Waals surface area contributed by atoms with Crippen LogP contribution in [0.3, 0.4) is 0 Å². The summed E-state index contributed by atoms with van der Waals surface area (Å²) < 4.78 is 23.2. The zero-order valence-corrected chi connectivity index (χ0v) is 17.8. The van der Waals surface area contributed by atoms with Gasteiger partial charge in [0.05, 0.1) is 17.2 Å². The van der Waals surface area contributed by atoms with E-state index in [4.69, 9.17) is 5.73 Å². The predicted octanol–water partition coefficient (Wildman–Crippen LogP) is 2.25. The Morgan fingerprint density at radius 3 is 2.59 bits per heavy atom. The van der Waals surface area contributed by atoms with E-state index >= 15 is 0 Å². The van der Waals surface area contributed by atoms with Gasteiger partial charge in [0.15, 0.2) is 15.0 Å². The molecule has 0 bridgehead atoms. The number of urea groups is 1. The van der Waals surface area contributed by atoms with Gasteiger partial charge in [0, 0.05) is 30.4 Å². The van der Waals surface area contributed by atoms with Crippen molar-refractivity contribution in [2.24, 2.45) is 5.92 Å². The van der Waals surface area contributed by atoms with Gasteiger partial charge >= 0.3 is 6.03 Å². The van der Waals surface area contributed by atoms with Gasteiger partial charge in [-0.15, -0.1) is 11.3 Å². The minimum atomic E-state index is -2.92. The van der Waals surface area contributed by atoms with Crippen LogP contribution in [0.5, 0.6) is 0 Å². The summed E-state index contributed by atoms with van der Waals surface area (Å²) in [6.07, 6.45) is 2.17. The summed E-state index contributed by atoms with van der Waals surface area (Å²) in [6.45, 7) is 1.64. The Bertz CT molecular complexity index is 967. The molecule has 0 saturated carbocycles. The third kappa shape index (κ3) is 4.25. The van der Waals surface area contributed by atoms with Crippen molar-refractivity contribution in [1.29, 1.82) is 0 Å². The number of carbonyl (C=O) groups is 1. The molecular weight excluding hydrogens is 408 g/mol. The molecule has 7 nitrogen and oxygen atoms in total. The van der Waals surface area contributed by atoms with Crippen LogP contribution in [0.25, 0.3) is 0 Å². The molecule has 1 unspecified atom stereocenters. The summed E-state index contributed by atoms with van der Waals surface area (Å²) in [5.41, 5.74) is 7.83. The molecule has 2 aromatic rings. The van der Waals surface area contributed by atoms with Crippen molar-refractivity contribution in [2.75, 3.05) is 36.9 Å². The number of sulfone groups is 1. The van der Waals surface area contributed by atoms with Gasteiger partial charge in [-0.3, -0.25) is 0 Å². The summed E-state index contributed by atoms with van der Waals surface area (Å²) in [5, 5.41) is 5.52. The highest BCUT2D eigenvalue weighted by Crippen LogP contribution is 2.42. The maximum atomic E-state index is 12.6.